The summed E-state index contributed by atoms with van der Waals surface area (Å²) >= 11 is 7.75. The summed E-state index contributed by atoms with van der Waals surface area (Å²) in [6.45, 7) is 6.13. The zero-order valence-corrected chi connectivity index (χ0v) is 21.5. The minimum atomic E-state index is -1.02. The molecule has 0 aliphatic carbocycles. The summed E-state index contributed by atoms with van der Waals surface area (Å²) in [6.07, 6.45) is 3.59. The lowest BCUT2D eigenvalue weighted by Gasteiger charge is -2.36. The molecule has 1 aromatic heterocycles. The van der Waals surface area contributed by atoms with Crippen molar-refractivity contribution >= 4 is 34.8 Å². The van der Waals surface area contributed by atoms with E-state index in [4.69, 9.17) is 26.1 Å². The maximum atomic E-state index is 13.2. The molecule has 2 amide bonds. The molecule has 7 nitrogen and oxygen atoms in total. The van der Waals surface area contributed by atoms with Gasteiger partial charge in [-0.2, -0.15) is 0 Å². The van der Waals surface area contributed by atoms with E-state index in [9.17, 15) is 9.59 Å². The zero-order valence-electron chi connectivity index (χ0n) is 20.0. The average molecular weight is 506 g/mol. The molecular weight excluding hydrogens is 474 g/mol. The number of carbonyl (C=O) groups excluding carboxylic acids is 2. The van der Waals surface area contributed by atoms with Crippen molar-refractivity contribution in [3.63, 3.8) is 0 Å². The number of para-hydroxylation sites is 1. The Morgan fingerprint density at radius 2 is 1.91 bits per heavy atom. The maximum absolute atomic E-state index is 13.2. The van der Waals surface area contributed by atoms with Crippen LogP contribution in [0.2, 0.25) is 5.02 Å². The molecule has 184 valence electrons. The Bertz CT molecular complexity index is 1020. The van der Waals surface area contributed by atoms with Crippen LogP contribution in [-0.4, -0.2) is 71.6 Å². The molecule has 2 aliphatic rings. The highest BCUT2D eigenvalue weighted by atomic mass is 35.5. The fourth-order valence-electron chi connectivity index (χ4n) is 4.75. The third kappa shape index (κ3) is 5.39. The van der Waals surface area contributed by atoms with Crippen LogP contribution in [0.3, 0.4) is 0 Å². The molecule has 4 rings (SSSR count). The van der Waals surface area contributed by atoms with Gasteiger partial charge in [0.25, 0.3) is 11.8 Å². The molecule has 0 saturated carbocycles. The van der Waals surface area contributed by atoms with E-state index in [0.717, 1.165) is 37.2 Å². The van der Waals surface area contributed by atoms with Gasteiger partial charge < -0.3 is 19.3 Å². The van der Waals surface area contributed by atoms with Crippen molar-refractivity contribution in [3.05, 3.63) is 45.4 Å². The molecule has 9 heteroatoms. The second-order valence-corrected chi connectivity index (χ2v) is 10.7. The van der Waals surface area contributed by atoms with E-state index in [1.165, 1.54) is 0 Å². The van der Waals surface area contributed by atoms with Gasteiger partial charge in [0.05, 0.1) is 22.7 Å². The largest absolute Gasteiger partial charge is 0.476 e. The molecule has 0 spiro atoms. The van der Waals surface area contributed by atoms with Crippen LogP contribution in [0.5, 0.6) is 5.75 Å². The Kier molecular flexibility index (Phi) is 7.80. The first-order valence-electron chi connectivity index (χ1n) is 11.8. The minimum Gasteiger partial charge on any atom is -0.476 e. The summed E-state index contributed by atoms with van der Waals surface area (Å²) in [5.41, 5.74) is -0.497. The fraction of sp³-hybridized carbons (Fsp3) is 0.560. The van der Waals surface area contributed by atoms with Gasteiger partial charge in [0.1, 0.15) is 11.4 Å². The maximum Gasteiger partial charge on any atom is 0.273 e. The summed E-state index contributed by atoms with van der Waals surface area (Å²) in [5, 5.41) is 3.33. The molecule has 0 N–H and O–H groups in total. The van der Waals surface area contributed by atoms with E-state index in [2.05, 4.69) is 0 Å². The van der Waals surface area contributed by atoms with Crippen molar-refractivity contribution in [2.24, 2.45) is 0 Å². The van der Waals surface area contributed by atoms with Gasteiger partial charge >= 0.3 is 0 Å². The van der Waals surface area contributed by atoms with Crippen molar-refractivity contribution in [3.8, 4) is 5.75 Å². The van der Waals surface area contributed by atoms with Gasteiger partial charge in [0.2, 0.25) is 0 Å². The van der Waals surface area contributed by atoms with Gasteiger partial charge in [0, 0.05) is 38.0 Å². The van der Waals surface area contributed by atoms with Gasteiger partial charge in [-0.15, -0.1) is 11.3 Å². The minimum absolute atomic E-state index is 0.00636. The highest BCUT2D eigenvalue weighted by molar-refractivity contribution is 7.09. The lowest BCUT2D eigenvalue weighted by Crippen LogP contribution is -2.51. The van der Waals surface area contributed by atoms with E-state index < -0.39 is 5.60 Å². The topological polar surface area (TPSA) is 72.0 Å². The fourth-order valence-corrected chi connectivity index (χ4v) is 5.88. The van der Waals surface area contributed by atoms with Crippen LogP contribution < -0.4 is 4.74 Å². The molecule has 1 aromatic carbocycles. The first-order chi connectivity index (χ1) is 16.3. The van der Waals surface area contributed by atoms with Crippen LogP contribution in [0.15, 0.2) is 29.6 Å². The Hall–Kier alpha value is -2.16. The Morgan fingerprint density at radius 3 is 2.62 bits per heavy atom. The number of nitrogens with zero attached hydrogens (tertiary/aromatic N) is 3. The second-order valence-electron chi connectivity index (χ2n) is 9.43. The third-order valence-corrected chi connectivity index (χ3v) is 7.91. The normalized spacial score (nSPS) is 19.5. The van der Waals surface area contributed by atoms with Crippen molar-refractivity contribution < 1.29 is 19.1 Å². The van der Waals surface area contributed by atoms with Crippen molar-refractivity contribution in [1.29, 1.82) is 0 Å². The number of rotatable bonds is 7. The number of carbonyl (C=O) groups is 2. The molecule has 2 saturated heterocycles. The van der Waals surface area contributed by atoms with E-state index in [1.54, 1.807) is 44.4 Å². The van der Waals surface area contributed by atoms with Crippen LogP contribution in [0, 0.1) is 0 Å². The number of amides is 2. The highest BCUT2D eigenvalue weighted by Gasteiger charge is 2.37. The summed E-state index contributed by atoms with van der Waals surface area (Å²) < 4.78 is 11.3. The molecule has 0 radical (unpaired) electrons. The van der Waals surface area contributed by atoms with Gasteiger partial charge in [-0.1, -0.05) is 23.7 Å². The number of methoxy groups -OCH3 is 1. The van der Waals surface area contributed by atoms with Crippen LogP contribution in [0.25, 0.3) is 0 Å². The van der Waals surface area contributed by atoms with Crippen LogP contribution in [-0.2, 0) is 9.53 Å². The predicted octanol–water partition coefficient (Wildman–Crippen LogP) is 4.61. The molecule has 0 bridgehead atoms. The molecule has 2 fully saturated rings. The first kappa shape index (κ1) is 24.9. The summed E-state index contributed by atoms with van der Waals surface area (Å²) in [5.74, 6) is 0.687. The lowest BCUT2D eigenvalue weighted by atomic mass is 9.96. The number of aromatic nitrogens is 1. The smallest absolute Gasteiger partial charge is 0.273 e. The SMILES string of the molecule is COCC1CCCN1C(=O)c1csc(C2CCN(C(=O)C(C)(C)Oc3ccccc3Cl)CC2)n1. The monoisotopic (exact) mass is 505 g/mol. The standard InChI is InChI=1S/C25H32ClN3O4S/c1-25(2,33-21-9-5-4-8-19(21)26)24(31)28-13-10-17(11-14-28)22-27-20(16-34-22)23(30)29-12-6-7-18(29)15-32-3/h4-5,8-9,16-18H,6-7,10-15H2,1-3H3. The number of thiazole rings is 1. The summed E-state index contributed by atoms with van der Waals surface area (Å²) in [4.78, 5) is 34.6. The summed E-state index contributed by atoms with van der Waals surface area (Å²) in [6, 6.07) is 7.31. The number of hydrogen-bond donors (Lipinski definition) is 0. The number of ether oxygens (including phenoxy) is 2. The molecular formula is C25H32ClN3O4S. The molecule has 1 atom stereocenters. The van der Waals surface area contributed by atoms with Crippen LogP contribution >= 0.6 is 22.9 Å². The van der Waals surface area contributed by atoms with Crippen LogP contribution in [0.1, 0.15) is 60.9 Å². The van der Waals surface area contributed by atoms with Gasteiger partial charge in [-0.25, -0.2) is 4.98 Å². The summed E-state index contributed by atoms with van der Waals surface area (Å²) in [7, 11) is 1.67. The van der Waals surface area contributed by atoms with E-state index >= 15 is 0 Å². The number of piperidine rings is 1. The zero-order chi connectivity index (χ0) is 24.3. The number of halogens is 1. The van der Waals surface area contributed by atoms with Crippen molar-refractivity contribution in [2.45, 2.75) is 57.1 Å². The van der Waals surface area contributed by atoms with E-state index in [-0.39, 0.29) is 23.8 Å². The van der Waals surface area contributed by atoms with Gasteiger partial charge in [-0.3, -0.25) is 9.59 Å². The van der Waals surface area contributed by atoms with Crippen LogP contribution in [0.4, 0.5) is 0 Å². The number of benzene rings is 1. The average Bonchev–Trinajstić information content (AvgIpc) is 3.50. The third-order valence-electron chi connectivity index (χ3n) is 6.59. The van der Waals surface area contributed by atoms with Gasteiger partial charge in [-0.05, 0) is 51.7 Å². The van der Waals surface area contributed by atoms with E-state index in [1.807, 2.05) is 27.3 Å². The molecule has 1 unspecified atom stereocenters. The predicted molar refractivity (Wildman–Crippen MR) is 133 cm³/mol. The molecule has 2 aliphatic heterocycles. The Morgan fingerprint density at radius 1 is 1.18 bits per heavy atom. The quantitative estimate of drug-likeness (QED) is 0.549. The lowest BCUT2D eigenvalue weighted by molar-refractivity contribution is -0.146. The molecule has 2 aromatic rings. The van der Waals surface area contributed by atoms with E-state index in [0.29, 0.717) is 36.2 Å². The Labute approximate surface area is 210 Å². The highest BCUT2D eigenvalue weighted by Crippen LogP contribution is 2.33. The first-order valence-corrected chi connectivity index (χ1v) is 13.0. The van der Waals surface area contributed by atoms with Crippen molar-refractivity contribution in [2.75, 3.05) is 33.4 Å². The second kappa shape index (κ2) is 10.6. The Balaban J connectivity index is 1.34. The number of hydrogen-bond acceptors (Lipinski definition) is 6. The molecule has 34 heavy (non-hydrogen) atoms. The number of likely N-dealkylation sites (tertiary alicyclic amines) is 2. The van der Waals surface area contributed by atoms with Gasteiger partial charge in [0.15, 0.2) is 5.60 Å². The van der Waals surface area contributed by atoms with Crippen molar-refractivity contribution in [1.82, 2.24) is 14.8 Å². The molecule has 3 heterocycles.